The highest BCUT2D eigenvalue weighted by Gasteiger charge is 2.08. The van der Waals surface area contributed by atoms with Crippen molar-refractivity contribution in [2.45, 2.75) is 13.3 Å². The molecule has 0 spiro atoms. The molecule has 0 aromatic heterocycles. The monoisotopic (exact) mass is 192 g/mol. The summed E-state index contributed by atoms with van der Waals surface area (Å²) in [5.41, 5.74) is 4.06. The maximum absolute atomic E-state index is 2.20. The van der Waals surface area contributed by atoms with Crippen LogP contribution in [0.15, 0.2) is 18.2 Å². The molecule has 14 heavy (non-hydrogen) atoms. The van der Waals surface area contributed by atoms with Crippen LogP contribution in [0.3, 0.4) is 0 Å². The van der Waals surface area contributed by atoms with E-state index in [-0.39, 0.29) is 0 Å². The van der Waals surface area contributed by atoms with Crippen LogP contribution in [0.2, 0.25) is 0 Å². The lowest BCUT2D eigenvalue weighted by molar-refractivity contribution is 1.02. The summed E-state index contributed by atoms with van der Waals surface area (Å²) in [6.07, 6.45) is 1.07. The highest BCUT2D eigenvalue weighted by Crippen LogP contribution is 2.28. The average Bonchev–Trinajstić information content (AvgIpc) is 2.16. The van der Waals surface area contributed by atoms with Crippen molar-refractivity contribution in [3.63, 3.8) is 0 Å². The Morgan fingerprint density at radius 3 is 1.64 bits per heavy atom. The van der Waals surface area contributed by atoms with Crippen molar-refractivity contribution in [2.24, 2.45) is 0 Å². The van der Waals surface area contributed by atoms with Gasteiger partial charge in [0.2, 0.25) is 0 Å². The van der Waals surface area contributed by atoms with Crippen molar-refractivity contribution < 1.29 is 0 Å². The molecule has 1 aromatic carbocycles. The summed E-state index contributed by atoms with van der Waals surface area (Å²) in [6.45, 7) is 2.20. The first-order chi connectivity index (χ1) is 6.57. The molecular weight excluding hydrogens is 172 g/mol. The van der Waals surface area contributed by atoms with E-state index in [0.717, 1.165) is 6.42 Å². The largest absolute Gasteiger partial charge is 0.377 e. The number of rotatable bonds is 3. The Morgan fingerprint density at radius 2 is 1.36 bits per heavy atom. The predicted octanol–water partition coefficient (Wildman–Crippen LogP) is 2.38. The molecule has 0 radical (unpaired) electrons. The average molecular weight is 192 g/mol. The second-order valence-electron chi connectivity index (χ2n) is 3.92. The Labute approximate surface area is 87.1 Å². The van der Waals surface area contributed by atoms with Gasteiger partial charge in [0.1, 0.15) is 0 Å². The van der Waals surface area contributed by atoms with Crippen molar-refractivity contribution in [3.8, 4) is 0 Å². The third-order valence-corrected chi connectivity index (χ3v) is 2.44. The Hall–Kier alpha value is -1.18. The molecule has 78 valence electrons. The molecule has 0 saturated carbocycles. The van der Waals surface area contributed by atoms with Gasteiger partial charge >= 0.3 is 0 Å². The van der Waals surface area contributed by atoms with E-state index in [1.54, 1.807) is 0 Å². The molecule has 0 heterocycles. The normalized spacial score (nSPS) is 10.1. The van der Waals surface area contributed by atoms with Crippen molar-refractivity contribution in [1.29, 1.82) is 0 Å². The zero-order valence-corrected chi connectivity index (χ0v) is 9.83. The molecule has 0 aliphatic heterocycles. The number of benzene rings is 1. The molecule has 0 atom stereocenters. The standard InChI is InChI=1S/C12H20N2/c1-6-10-11(13(2)3)8-7-9-12(10)14(4)5/h7-9H,6H2,1-5H3. The van der Waals surface area contributed by atoms with E-state index in [2.05, 4.69) is 63.1 Å². The third-order valence-electron chi connectivity index (χ3n) is 2.44. The number of hydrogen-bond donors (Lipinski definition) is 0. The number of hydrogen-bond acceptors (Lipinski definition) is 2. The second-order valence-corrected chi connectivity index (χ2v) is 3.92. The van der Waals surface area contributed by atoms with Gasteiger partial charge in [-0.15, -0.1) is 0 Å². The van der Waals surface area contributed by atoms with E-state index in [1.165, 1.54) is 16.9 Å². The molecule has 0 aliphatic rings. The molecule has 0 saturated heterocycles. The SMILES string of the molecule is CCc1c(N(C)C)cccc1N(C)C. The minimum Gasteiger partial charge on any atom is -0.377 e. The van der Waals surface area contributed by atoms with Crippen LogP contribution in [0.5, 0.6) is 0 Å². The maximum atomic E-state index is 2.20. The van der Waals surface area contributed by atoms with Gasteiger partial charge in [-0.05, 0) is 24.1 Å². The van der Waals surface area contributed by atoms with E-state index >= 15 is 0 Å². The maximum Gasteiger partial charge on any atom is 0.0414 e. The van der Waals surface area contributed by atoms with Crippen LogP contribution in [-0.4, -0.2) is 28.2 Å². The van der Waals surface area contributed by atoms with E-state index in [9.17, 15) is 0 Å². The smallest absolute Gasteiger partial charge is 0.0414 e. The lowest BCUT2D eigenvalue weighted by atomic mass is 10.1. The summed E-state index contributed by atoms with van der Waals surface area (Å²) in [5, 5.41) is 0. The first-order valence-corrected chi connectivity index (χ1v) is 5.04. The molecule has 0 fully saturated rings. The summed E-state index contributed by atoms with van der Waals surface area (Å²) in [4.78, 5) is 4.34. The molecular formula is C12H20N2. The summed E-state index contributed by atoms with van der Waals surface area (Å²) in [5.74, 6) is 0. The molecule has 2 heteroatoms. The van der Waals surface area contributed by atoms with Crippen LogP contribution in [-0.2, 0) is 6.42 Å². The van der Waals surface area contributed by atoms with Gasteiger partial charge in [0.15, 0.2) is 0 Å². The van der Waals surface area contributed by atoms with Crippen molar-refractivity contribution in [1.82, 2.24) is 0 Å². The van der Waals surface area contributed by atoms with Crippen molar-refractivity contribution in [3.05, 3.63) is 23.8 Å². The van der Waals surface area contributed by atoms with Crippen LogP contribution in [0.25, 0.3) is 0 Å². The first kappa shape index (κ1) is 10.9. The van der Waals surface area contributed by atoms with Gasteiger partial charge in [-0.2, -0.15) is 0 Å². The van der Waals surface area contributed by atoms with Gasteiger partial charge < -0.3 is 9.80 Å². The fraction of sp³-hybridized carbons (Fsp3) is 0.500. The molecule has 0 unspecified atom stereocenters. The Balaban J connectivity index is 3.25. The summed E-state index contributed by atoms with van der Waals surface area (Å²) in [6, 6.07) is 6.46. The molecule has 2 nitrogen and oxygen atoms in total. The van der Waals surface area contributed by atoms with Crippen LogP contribution in [0.4, 0.5) is 11.4 Å². The molecule has 1 aromatic rings. The van der Waals surface area contributed by atoms with Crippen LogP contribution >= 0.6 is 0 Å². The lowest BCUT2D eigenvalue weighted by Gasteiger charge is -2.23. The van der Waals surface area contributed by atoms with E-state index < -0.39 is 0 Å². The van der Waals surface area contributed by atoms with E-state index in [4.69, 9.17) is 0 Å². The summed E-state index contributed by atoms with van der Waals surface area (Å²) >= 11 is 0. The molecule has 0 aliphatic carbocycles. The lowest BCUT2D eigenvalue weighted by Crippen LogP contribution is -2.16. The molecule has 1 rings (SSSR count). The van der Waals surface area contributed by atoms with Gasteiger partial charge in [-0.1, -0.05) is 13.0 Å². The Bertz CT molecular complexity index is 277. The number of nitrogens with zero attached hydrogens (tertiary/aromatic N) is 2. The van der Waals surface area contributed by atoms with Gasteiger partial charge in [0.05, 0.1) is 0 Å². The molecule has 0 bridgehead atoms. The minimum absolute atomic E-state index is 1.07. The highest BCUT2D eigenvalue weighted by molar-refractivity contribution is 5.66. The fourth-order valence-corrected chi connectivity index (χ4v) is 1.76. The van der Waals surface area contributed by atoms with Crippen molar-refractivity contribution >= 4 is 11.4 Å². The quantitative estimate of drug-likeness (QED) is 0.725. The summed E-state index contributed by atoms with van der Waals surface area (Å²) in [7, 11) is 8.36. The predicted molar refractivity (Wildman–Crippen MR) is 64.5 cm³/mol. The number of anilines is 2. The highest BCUT2D eigenvalue weighted by atomic mass is 15.1. The van der Waals surface area contributed by atoms with Crippen molar-refractivity contribution in [2.75, 3.05) is 38.0 Å². The van der Waals surface area contributed by atoms with Crippen LogP contribution in [0.1, 0.15) is 12.5 Å². The van der Waals surface area contributed by atoms with Crippen LogP contribution < -0.4 is 9.80 Å². The minimum atomic E-state index is 1.07. The first-order valence-electron chi connectivity index (χ1n) is 5.04. The second kappa shape index (κ2) is 4.36. The Morgan fingerprint density at radius 1 is 0.929 bits per heavy atom. The van der Waals surface area contributed by atoms with E-state index in [0.29, 0.717) is 0 Å². The third kappa shape index (κ3) is 2.00. The topological polar surface area (TPSA) is 6.48 Å². The Kier molecular flexibility index (Phi) is 3.39. The van der Waals surface area contributed by atoms with Gasteiger partial charge in [0.25, 0.3) is 0 Å². The van der Waals surface area contributed by atoms with Gasteiger partial charge in [-0.25, -0.2) is 0 Å². The van der Waals surface area contributed by atoms with Gasteiger partial charge in [-0.3, -0.25) is 0 Å². The zero-order chi connectivity index (χ0) is 10.7. The fourth-order valence-electron chi connectivity index (χ4n) is 1.76. The summed E-state index contributed by atoms with van der Waals surface area (Å²) < 4.78 is 0. The molecule has 0 amide bonds. The molecule has 0 N–H and O–H groups in total. The zero-order valence-electron chi connectivity index (χ0n) is 9.83. The van der Waals surface area contributed by atoms with Crippen LogP contribution in [0, 0.1) is 0 Å². The van der Waals surface area contributed by atoms with E-state index in [1.807, 2.05) is 0 Å². The van der Waals surface area contributed by atoms with Gasteiger partial charge in [0, 0.05) is 39.6 Å².